The minimum atomic E-state index is -5.29. The molecule has 1 fully saturated rings. The number of nitrogens with zero attached hydrogens (tertiary/aromatic N) is 3. The number of nitrogens with two attached hydrogens (primary N) is 1. The summed E-state index contributed by atoms with van der Waals surface area (Å²) in [4.78, 5) is 34.8. The Morgan fingerprint density at radius 3 is 2.66 bits per heavy atom. The number of aliphatic hydroxyl groups excluding tert-OH is 2. The Bertz CT molecular complexity index is 891. The smallest absolute Gasteiger partial charge is 0.387 e. The van der Waals surface area contributed by atoms with E-state index in [4.69, 9.17) is 20.3 Å². The number of imidazole rings is 1. The zero-order chi connectivity index (χ0) is 21.6. The number of fused-ring (bicyclic) bond motifs is 1. The molecule has 0 amide bonds. The van der Waals surface area contributed by atoms with Crippen LogP contribution in [0.2, 0.25) is 0 Å². The van der Waals surface area contributed by atoms with E-state index in [9.17, 15) is 24.2 Å². The highest BCUT2D eigenvalue weighted by molar-refractivity contribution is 7.99. The highest BCUT2D eigenvalue weighted by Gasteiger charge is 2.46. The summed E-state index contributed by atoms with van der Waals surface area (Å²) < 4.78 is 37.2. The Balaban J connectivity index is 1.74. The van der Waals surface area contributed by atoms with Crippen molar-refractivity contribution in [3.8, 4) is 0 Å². The number of amidine groups is 1. The van der Waals surface area contributed by atoms with Crippen LogP contribution in [-0.4, -0.2) is 77.0 Å². The van der Waals surface area contributed by atoms with Crippen molar-refractivity contribution in [1.29, 1.82) is 0 Å². The van der Waals surface area contributed by atoms with Crippen LogP contribution in [0.25, 0.3) is 0 Å². The normalized spacial score (nSPS) is 31.7. The van der Waals surface area contributed by atoms with E-state index in [1.165, 1.54) is 22.7 Å². The van der Waals surface area contributed by atoms with Gasteiger partial charge in [0.2, 0.25) is 0 Å². The van der Waals surface area contributed by atoms with Crippen LogP contribution in [0.1, 0.15) is 11.9 Å². The Labute approximate surface area is 167 Å². The van der Waals surface area contributed by atoms with Crippen molar-refractivity contribution in [2.75, 3.05) is 18.2 Å². The third kappa shape index (κ3) is 5.00. The van der Waals surface area contributed by atoms with Gasteiger partial charge >= 0.3 is 15.6 Å². The topological polar surface area (TPSA) is 231 Å². The molecular weight excluding hydrogens is 456 g/mol. The van der Waals surface area contributed by atoms with Crippen molar-refractivity contribution < 1.29 is 47.6 Å². The number of anilines is 1. The largest absolute Gasteiger partial charge is 0.481 e. The number of thioether (sulfide) groups is 1. The summed E-state index contributed by atoms with van der Waals surface area (Å²) >= 11 is 1.36. The fourth-order valence-electron chi connectivity index (χ4n) is 2.76. The van der Waals surface area contributed by atoms with E-state index >= 15 is 0 Å². The number of hydrogen-bond donors (Lipinski definition) is 7. The van der Waals surface area contributed by atoms with Crippen LogP contribution in [0.5, 0.6) is 0 Å². The van der Waals surface area contributed by atoms with Gasteiger partial charge in [-0.2, -0.15) is 4.31 Å². The quantitative estimate of drug-likeness (QED) is 0.223. The lowest BCUT2D eigenvalue weighted by Gasteiger charge is -2.24. The molecule has 0 aromatic carbocycles. The number of aliphatic hydroxyl groups is 2. The molecule has 164 valence electrons. The molecular formula is C11H19N5O10P2S. The molecule has 2 aliphatic heterocycles. The molecule has 2 aliphatic rings. The highest BCUT2D eigenvalue weighted by Crippen LogP contribution is 2.57. The van der Waals surface area contributed by atoms with Crippen molar-refractivity contribution in [2.24, 2.45) is 10.7 Å². The van der Waals surface area contributed by atoms with Crippen LogP contribution in [0.15, 0.2) is 11.3 Å². The van der Waals surface area contributed by atoms with Crippen LogP contribution in [-0.2, 0) is 22.7 Å². The maximum absolute atomic E-state index is 11.5. The first-order valence-electron chi connectivity index (χ1n) is 7.87. The highest BCUT2D eigenvalue weighted by atomic mass is 32.2. The van der Waals surface area contributed by atoms with E-state index in [2.05, 4.69) is 24.1 Å². The fourth-order valence-corrected chi connectivity index (χ4v) is 4.80. The maximum Gasteiger partial charge on any atom is 0.481 e. The SMILES string of the molecule is CSC1N=C(N)c2ncn([C@@H]3O[C@H](COP(=O)(O)OP(=O)(O)O)[C@@H](O)[C@H]3O)c2N1. The lowest BCUT2D eigenvalue weighted by Crippen LogP contribution is -2.34. The first-order chi connectivity index (χ1) is 13.4. The van der Waals surface area contributed by atoms with E-state index < -0.39 is 52.3 Å². The molecule has 18 heteroatoms. The van der Waals surface area contributed by atoms with Gasteiger partial charge in [-0.15, -0.1) is 11.8 Å². The predicted octanol–water partition coefficient (Wildman–Crippen LogP) is -1.49. The molecule has 0 spiro atoms. The number of phosphoric acid groups is 2. The van der Waals surface area contributed by atoms with Gasteiger partial charge in [0.05, 0.1) is 12.9 Å². The molecule has 0 radical (unpaired) electrons. The molecule has 15 nitrogen and oxygen atoms in total. The Kier molecular flexibility index (Phi) is 6.44. The summed E-state index contributed by atoms with van der Waals surface area (Å²) in [7, 11) is -10.4. The van der Waals surface area contributed by atoms with E-state index in [1.807, 2.05) is 0 Å². The van der Waals surface area contributed by atoms with Crippen molar-refractivity contribution >= 4 is 39.1 Å². The molecule has 6 atom stereocenters. The van der Waals surface area contributed by atoms with E-state index in [0.29, 0.717) is 11.5 Å². The van der Waals surface area contributed by atoms with Crippen molar-refractivity contribution in [3.05, 3.63) is 12.0 Å². The molecule has 1 saturated heterocycles. The molecule has 8 N–H and O–H groups in total. The number of ether oxygens (including phenoxy) is 1. The zero-order valence-electron chi connectivity index (χ0n) is 14.7. The van der Waals surface area contributed by atoms with Crippen LogP contribution in [0, 0.1) is 0 Å². The van der Waals surface area contributed by atoms with Crippen LogP contribution < -0.4 is 11.1 Å². The van der Waals surface area contributed by atoms with E-state index in [-0.39, 0.29) is 5.84 Å². The van der Waals surface area contributed by atoms with Gasteiger partial charge in [0.15, 0.2) is 17.6 Å². The van der Waals surface area contributed by atoms with Crippen LogP contribution in [0.3, 0.4) is 0 Å². The summed E-state index contributed by atoms with van der Waals surface area (Å²) in [6, 6.07) is 0. The van der Waals surface area contributed by atoms with Crippen molar-refractivity contribution in [1.82, 2.24) is 9.55 Å². The minimum absolute atomic E-state index is 0.167. The number of hydrogen-bond acceptors (Lipinski definition) is 12. The maximum atomic E-state index is 11.5. The average molecular weight is 475 g/mol. The lowest BCUT2D eigenvalue weighted by atomic mass is 10.1. The summed E-state index contributed by atoms with van der Waals surface area (Å²) in [5.41, 5.74) is 5.77. The second-order valence-corrected chi connectivity index (χ2v) is 9.73. The lowest BCUT2D eigenvalue weighted by molar-refractivity contribution is -0.0511. The minimum Gasteiger partial charge on any atom is -0.387 e. The number of nitrogens with one attached hydrogen (secondary N) is 1. The van der Waals surface area contributed by atoms with Gasteiger partial charge in [-0.05, 0) is 6.26 Å². The van der Waals surface area contributed by atoms with Crippen molar-refractivity contribution in [2.45, 2.75) is 30.0 Å². The van der Waals surface area contributed by atoms with Gasteiger partial charge in [0.25, 0.3) is 0 Å². The Morgan fingerprint density at radius 1 is 1.34 bits per heavy atom. The van der Waals surface area contributed by atoms with Gasteiger partial charge in [-0.3, -0.25) is 9.09 Å². The van der Waals surface area contributed by atoms with Crippen LogP contribution >= 0.6 is 27.4 Å². The van der Waals surface area contributed by atoms with Crippen molar-refractivity contribution in [3.63, 3.8) is 0 Å². The summed E-state index contributed by atoms with van der Waals surface area (Å²) in [6.45, 7) is -0.802. The predicted molar refractivity (Wildman–Crippen MR) is 98.7 cm³/mol. The van der Waals surface area contributed by atoms with Gasteiger partial charge in [0.1, 0.15) is 29.8 Å². The van der Waals surface area contributed by atoms with Gasteiger partial charge in [-0.25, -0.2) is 19.1 Å². The molecule has 0 saturated carbocycles. The van der Waals surface area contributed by atoms with E-state index in [0.717, 1.165) is 0 Å². The molecule has 3 heterocycles. The van der Waals surface area contributed by atoms with Gasteiger partial charge < -0.3 is 40.7 Å². The van der Waals surface area contributed by atoms with Gasteiger partial charge in [-0.1, -0.05) is 0 Å². The Hall–Kier alpha value is -1.03. The summed E-state index contributed by atoms with van der Waals surface area (Å²) in [5, 5.41) is 23.6. The third-order valence-corrected chi connectivity index (χ3v) is 6.82. The average Bonchev–Trinajstić information content (AvgIpc) is 3.13. The molecule has 1 aromatic rings. The Morgan fingerprint density at radius 2 is 2.03 bits per heavy atom. The fraction of sp³-hybridized carbons (Fsp3) is 0.636. The summed E-state index contributed by atoms with van der Waals surface area (Å²) in [5.74, 6) is 0.549. The molecule has 2 unspecified atom stereocenters. The second kappa shape index (κ2) is 8.24. The van der Waals surface area contributed by atoms with Gasteiger partial charge in [0, 0.05) is 0 Å². The molecule has 0 aliphatic carbocycles. The molecule has 29 heavy (non-hydrogen) atoms. The van der Waals surface area contributed by atoms with E-state index in [1.54, 1.807) is 6.26 Å². The zero-order valence-corrected chi connectivity index (χ0v) is 17.3. The monoisotopic (exact) mass is 475 g/mol. The summed E-state index contributed by atoms with van der Waals surface area (Å²) in [6.07, 6.45) is -2.43. The number of aromatic nitrogens is 2. The molecule has 3 rings (SSSR count). The molecule has 0 bridgehead atoms. The molecule has 1 aromatic heterocycles. The van der Waals surface area contributed by atoms with Crippen LogP contribution in [0.4, 0.5) is 5.82 Å². The standard InChI is InChI=1S/C11H19N5O10P2S/c1-29-11-14-8(12)5-9(15-11)16(3-13-5)10-7(18)6(17)4(25-10)2-24-28(22,23)26-27(19,20)21/h3-4,6-7,10-11,15,17-18H,2H2,1H3,(H2,12,14)(H,22,23)(H2,19,20,21)/t4-,6-,7-,10-,11?/m1/s1. The first-order valence-corrected chi connectivity index (χ1v) is 12.2. The first kappa shape index (κ1) is 22.7. The number of phosphoric ester groups is 1. The third-order valence-electron chi connectivity index (χ3n) is 4.00. The number of aliphatic imine (C=N–C) groups is 1. The second-order valence-electron chi connectivity index (χ2n) is 5.98. The number of rotatable bonds is 7.